The van der Waals surface area contributed by atoms with E-state index >= 15 is 0 Å². The number of amides is 1. The first-order valence-electron chi connectivity index (χ1n) is 5.85. The van der Waals surface area contributed by atoms with E-state index in [1.807, 2.05) is 0 Å². The highest BCUT2D eigenvalue weighted by molar-refractivity contribution is 8.76. The number of hydrogen-bond acceptors (Lipinski definition) is 5. The second-order valence-electron chi connectivity index (χ2n) is 3.91. The van der Waals surface area contributed by atoms with Gasteiger partial charge in [0, 0.05) is 17.9 Å². The molecule has 0 unspecified atom stereocenters. The standard InChI is InChI=1S/C11H19NO3S2/c1-15-11(14)9-8-17-16-7-5-3-2-4-6-10(13)12-9/h9H,2-8H2,1H3,(H,12,13)/t9-/m0/s1. The Morgan fingerprint density at radius 1 is 1.29 bits per heavy atom. The van der Waals surface area contributed by atoms with Gasteiger partial charge in [0.1, 0.15) is 6.04 Å². The van der Waals surface area contributed by atoms with Crippen molar-refractivity contribution in [2.75, 3.05) is 18.6 Å². The van der Waals surface area contributed by atoms with Crippen molar-refractivity contribution in [2.24, 2.45) is 0 Å². The van der Waals surface area contributed by atoms with Crippen LogP contribution in [0, 0.1) is 0 Å². The molecule has 0 aromatic carbocycles. The molecule has 0 aliphatic carbocycles. The van der Waals surface area contributed by atoms with Crippen molar-refractivity contribution >= 4 is 33.5 Å². The molecule has 98 valence electrons. The lowest BCUT2D eigenvalue weighted by Gasteiger charge is -2.16. The Balaban J connectivity index is 2.48. The van der Waals surface area contributed by atoms with E-state index in [0.717, 1.165) is 18.6 Å². The van der Waals surface area contributed by atoms with E-state index in [1.54, 1.807) is 21.6 Å². The maximum atomic E-state index is 11.6. The fraction of sp³-hybridized carbons (Fsp3) is 0.818. The Labute approximate surface area is 110 Å². The van der Waals surface area contributed by atoms with Crippen LogP contribution < -0.4 is 5.32 Å². The third kappa shape index (κ3) is 6.21. The van der Waals surface area contributed by atoms with Gasteiger partial charge in [-0.3, -0.25) is 4.79 Å². The van der Waals surface area contributed by atoms with E-state index < -0.39 is 6.04 Å². The number of hydrogen-bond donors (Lipinski definition) is 1. The molecule has 0 spiro atoms. The van der Waals surface area contributed by atoms with Crippen molar-refractivity contribution in [3.8, 4) is 0 Å². The van der Waals surface area contributed by atoms with Gasteiger partial charge in [0.15, 0.2) is 0 Å². The second-order valence-corrected chi connectivity index (χ2v) is 6.54. The number of ether oxygens (including phenoxy) is 1. The average molecular weight is 277 g/mol. The van der Waals surface area contributed by atoms with Crippen LogP contribution >= 0.6 is 21.6 Å². The first-order chi connectivity index (χ1) is 8.24. The van der Waals surface area contributed by atoms with Crippen molar-refractivity contribution in [3.05, 3.63) is 0 Å². The molecule has 0 aromatic rings. The molecule has 0 aromatic heterocycles. The molecule has 17 heavy (non-hydrogen) atoms. The summed E-state index contributed by atoms with van der Waals surface area (Å²) in [6.45, 7) is 0. The summed E-state index contributed by atoms with van der Waals surface area (Å²) >= 11 is 0. The molecule has 1 atom stereocenters. The third-order valence-corrected chi connectivity index (χ3v) is 5.02. The first kappa shape index (κ1) is 14.7. The van der Waals surface area contributed by atoms with E-state index in [2.05, 4.69) is 10.1 Å². The molecule has 6 heteroatoms. The number of carbonyl (C=O) groups excluding carboxylic acids is 2. The monoisotopic (exact) mass is 277 g/mol. The summed E-state index contributed by atoms with van der Waals surface area (Å²) in [5, 5.41) is 2.74. The number of carbonyl (C=O) groups is 2. The van der Waals surface area contributed by atoms with Gasteiger partial charge >= 0.3 is 5.97 Å². The van der Waals surface area contributed by atoms with Crippen LogP contribution in [0.2, 0.25) is 0 Å². The average Bonchev–Trinajstić information content (AvgIpc) is 2.32. The molecule has 1 heterocycles. The largest absolute Gasteiger partial charge is 0.467 e. The van der Waals surface area contributed by atoms with Gasteiger partial charge in [-0.15, -0.1) is 0 Å². The SMILES string of the molecule is COC(=O)[C@@H]1CSSCCCCCCC(=O)N1. The highest BCUT2D eigenvalue weighted by atomic mass is 33.1. The summed E-state index contributed by atoms with van der Waals surface area (Å²) in [5.74, 6) is 1.27. The summed E-state index contributed by atoms with van der Waals surface area (Å²) in [7, 11) is 4.73. The van der Waals surface area contributed by atoms with E-state index in [0.29, 0.717) is 12.2 Å². The predicted molar refractivity (Wildman–Crippen MR) is 71.9 cm³/mol. The van der Waals surface area contributed by atoms with Crippen LogP contribution in [0.15, 0.2) is 0 Å². The Bertz CT molecular complexity index is 261. The van der Waals surface area contributed by atoms with Crippen molar-refractivity contribution in [3.63, 3.8) is 0 Å². The summed E-state index contributed by atoms with van der Waals surface area (Å²) in [5.41, 5.74) is 0. The van der Waals surface area contributed by atoms with Crippen LogP contribution in [0.1, 0.15) is 32.1 Å². The lowest BCUT2D eigenvalue weighted by Crippen LogP contribution is -2.43. The molecule has 1 fully saturated rings. The lowest BCUT2D eigenvalue weighted by atomic mass is 10.1. The Hall–Kier alpha value is -0.360. The van der Waals surface area contributed by atoms with Crippen molar-refractivity contribution in [2.45, 2.75) is 38.1 Å². The van der Waals surface area contributed by atoms with Crippen LogP contribution in [0.25, 0.3) is 0 Å². The van der Waals surface area contributed by atoms with Gasteiger partial charge in [0.2, 0.25) is 5.91 Å². The van der Waals surface area contributed by atoms with Crippen LogP contribution in [0.4, 0.5) is 0 Å². The zero-order valence-corrected chi connectivity index (χ0v) is 11.7. The fourth-order valence-electron chi connectivity index (χ4n) is 1.55. The third-order valence-electron chi connectivity index (χ3n) is 2.52. The maximum Gasteiger partial charge on any atom is 0.329 e. The van der Waals surface area contributed by atoms with Gasteiger partial charge in [-0.05, 0) is 12.8 Å². The maximum absolute atomic E-state index is 11.6. The van der Waals surface area contributed by atoms with E-state index in [-0.39, 0.29) is 11.9 Å². The van der Waals surface area contributed by atoms with Crippen LogP contribution in [-0.4, -0.2) is 36.5 Å². The minimum Gasteiger partial charge on any atom is -0.467 e. The van der Waals surface area contributed by atoms with Gasteiger partial charge in [-0.1, -0.05) is 34.4 Å². The molecule has 0 bridgehead atoms. The quantitative estimate of drug-likeness (QED) is 0.587. The number of nitrogens with one attached hydrogen (secondary N) is 1. The van der Waals surface area contributed by atoms with E-state index in [1.165, 1.54) is 20.0 Å². The normalized spacial score (nSPS) is 24.1. The highest BCUT2D eigenvalue weighted by Gasteiger charge is 2.21. The Morgan fingerprint density at radius 2 is 2.06 bits per heavy atom. The van der Waals surface area contributed by atoms with Gasteiger partial charge in [0.25, 0.3) is 0 Å². The molecule has 4 nitrogen and oxygen atoms in total. The molecule has 0 saturated carbocycles. The van der Waals surface area contributed by atoms with Gasteiger partial charge in [-0.2, -0.15) is 0 Å². The highest BCUT2D eigenvalue weighted by Crippen LogP contribution is 2.24. The minimum absolute atomic E-state index is 0.0495. The van der Waals surface area contributed by atoms with Crippen molar-refractivity contribution in [1.82, 2.24) is 5.32 Å². The molecule has 1 rings (SSSR count). The number of methoxy groups -OCH3 is 1. The predicted octanol–water partition coefficient (Wildman–Crippen LogP) is 1.99. The van der Waals surface area contributed by atoms with Gasteiger partial charge in [0.05, 0.1) is 7.11 Å². The summed E-state index contributed by atoms with van der Waals surface area (Å²) in [6.07, 6.45) is 4.85. The lowest BCUT2D eigenvalue weighted by molar-refractivity contribution is -0.144. The molecule has 1 amide bonds. The summed E-state index contributed by atoms with van der Waals surface area (Å²) in [4.78, 5) is 23.1. The number of esters is 1. The zero-order chi connectivity index (χ0) is 12.5. The molecular formula is C11H19NO3S2. The molecule has 1 saturated heterocycles. The fourth-order valence-corrected chi connectivity index (χ4v) is 3.85. The smallest absolute Gasteiger partial charge is 0.329 e. The summed E-state index contributed by atoms with van der Waals surface area (Å²) < 4.78 is 4.69. The Morgan fingerprint density at radius 3 is 2.82 bits per heavy atom. The van der Waals surface area contributed by atoms with Gasteiger partial charge in [-0.25, -0.2) is 4.79 Å². The van der Waals surface area contributed by atoms with Crippen LogP contribution in [0.5, 0.6) is 0 Å². The topological polar surface area (TPSA) is 55.4 Å². The van der Waals surface area contributed by atoms with Crippen molar-refractivity contribution in [1.29, 1.82) is 0 Å². The van der Waals surface area contributed by atoms with E-state index in [9.17, 15) is 9.59 Å². The van der Waals surface area contributed by atoms with Crippen molar-refractivity contribution < 1.29 is 14.3 Å². The molecular weight excluding hydrogens is 258 g/mol. The first-order valence-corrected chi connectivity index (χ1v) is 8.34. The van der Waals surface area contributed by atoms with Gasteiger partial charge < -0.3 is 10.1 Å². The number of rotatable bonds is 1. The van der Waals surface area contributed by atoms with Crippen LogP contribution in [0.3, 0.4) is 0 Å². The molecule has 1 aliphatic rings. The van der Waals surface area contributed by atoms with Crippen LogP contribution in [-0.2, 0) is 14.3 Å². The molecule has 1 N–H and O–H groups in total. The minimum atomic E-state index is -0.510. The summed E-state index contributed by atoms with van der Waals surface area (Å²) in [6, 6.07) is -0.510. The Kier molecular flexibility index (Phi) is 7.51. The second kappa shape index (κ2) is 8.69. The molecule has 0 radical (unpaired) electrons. The zero-order valence-electron chi connectivity index (χ0n) is 10.1. The molecule has 1 aliphatic heterocycles. The van der Waals surface area contributed by atoms with E-state index in [4.69, 9.17) is 0 Å².